The van der Waals surface area contributed by atoms with Gasteiger partial charge < -0.3 is 24.8 Å². The Hall–Kier alpha value is -1.67. The zero-order valence-corrected chi connectivity index (χ0v) is 27.2. The van der Waals surface area contributed by atoms with Crippen molar-refractivity contribution in [2.45, 2.75) is 199 Å². The van der Waals surface area contributed by atoms with E-state index in [9.17, 15) is 24.6 Å². The van der Waals surface area contributed by atoms with E-state index in [1.54, 1.807) is 6.92 Å². The number of unbranched alkanes of at least 4 members (excludes halogenated alkanes) is 15. The third-order valence-corrected chi connectivity index (χ3v) is 8.16. The monoisotopic (exact) mass is 600 g/mol. The molecule has 0 rings (SSSR count). The number of carboxylic acids is 1. The molecule has 0 heterocycles. The molecule has 0 aliphatic rings. The molecule has 248 valence electrons. The first-order valence-electron chi connectivity index (χ1n) is 17.2. The van der Waals surface area contributed by atoms with Crippen LogP contribution < -0.4 is 0 Å². The number of aliphatic hydroxyl groups is 2. The first-order valence-corrected chi connectivity index (χ1v) is 17.2. The SMILES string of the molecule is CCCCCCCCC(CCCCCCCCCC(CCCCCCCC(=O)O)(OC(=O)CC)C(O)O)OC(=O)CC. The summed E-state index contributed by atoms with van der Waals surface area (Å²) in [4.78, 5) is 34.6. The fraction of sp³-hybridized carbons (Fsp3) is 0.912. The Labute approximate surface area is 256 Å². The maximum Gasteiger partial charge on any atom is 0.306 e. The highest BCUT2D eigenvalue weighted by Gasteiger charge is 2.39. The largest absolute Gasteiger partial charge is 0.481 e. The predicted molar refractivity (Wildman–Crippen MR) is 167 cm³/mol. The Morgan fingerprint density at radius 2 is 1.02 bits per heavy atom. The van der Waals surface area contributed by atoms with Crippen molar-refractivity contribution in [1.82, 2.24) is 0 Å². The van der Waals surface area contributed by atoms with E-state index in [-0.39, 0.29) is 24.9 Å². The molecule has 0 saturated carbocycles. The molecule has 0 radical (unpaired) electrons. The van der Waals surface area contributed by atoms with Gasteiger partial charge in [-0.3, -0.25) is 14.4 Å². The van der Waals surface area contributed by atoms with Crippen molar-refractivity contribution in [3.05, 3.63) is 0 Å². The minimum Gasteiger partial charge on any atom is -0.481 e. The number of hydrogen-bond donors (Lipinski definition) is 3. The molecule has 2 atom stereocenters. The number of ether oxygens (including phenoxy) is 2. The van der Waals surface area contributed by atoms with Gasteiger partial charge in [0.05, 0.1) is 0 Å². The summed E-state index contributed by atoms with van der Waals surface area (Å²) in [6.45, 7) is 5.77. The van der Waals surface area contributed by atoms with Crippen molar-refractivity contribution in [2.24, 2.45) is 0 Å². The molecule has 3 N–H and O–H groups in total. The topological polar surface area (TPSA) is 130 Å². The van der Waals surface area contributed by atoms with Gasteiger partial charge in [0.2, 0.25) is 0 Å². The third kappa shape index (κ3) is 21.9. The molecule has 0 aliphatic carbocycles. The summed E-state index contributed by atoms with van der Waals surface area (Å²) in [7, 11) is 0. The number of carbonyl (C=O) groups excluding carboxylic acids is 2. The molecule has 0 aromatic heterocycles. The van der Waals surface area contributed by atoms with E-state index < -0.39 is 23.8 Å². The van der Waals surface area contributed by atoms with Crippen LogP contribution in [0, 0.1) is 0 Å². The van der Waals surface area contributed by atoms with Gasteiger partial charge in [-0.2, -0.15) is 0 Å². The van der Waals surface area contributed by atoms with Crippen LogP contribution in [0.25, 0.3) is 0 Å². The van der Waals surface area contributed by atoms with Crippen LogP contribution in [0.1, 0.15) is 181 Å². The van der Waals surface area contributed by atoms with Crippen LogP contribution in [0.5, 0.6) is 0 Å². The van der Waals surface area contributed by atoms with Gasteiger partial charge in [-0.15, -0.1) is 0 Å². The first kappa shape index (κ1) is 40.3. The molecular weight excluding hydrogens is 536 g/mol. The Morgan fingerprint density at radius 1 is 0.595 bits per heavy atom. The predicted octanol–water partition coefficient (Wildman–Crippen LogP) is 8.39. The zero-order chi connectivity index (χ0) is 31.5. The lowest BCUT2D eigenvalue weighted by atomic mass is 9.88. The standard InChI is InChI=1S/C34H64O8/c1-4-7-8-9-14-19-24-29(41-31(37)5-2)25-20-15-11-10-12-17-22-27-34(33(39)40,42-32(38)6-3)28-23-18-13-16-21-26-30(35)36/h29,33,39-40H,4-28H2,1-3H3,(H,35,36). The van der Waals surface area contributed by atoms with Crippen molar-refractivity contribution < 1.29 is 39.2 Å². The Balaban J connectivity index is 4.39. The van der Waals surface area contributed by atoms with Gasteiger partial charge in [0, 0.05) is 19.3 Å². The molecular formula is C34H64O8. The molecule has 0 bridgehead atoms. The normalized spacial score (nSPS) is 13.6. The molecule has 0 saturated heterocycles. The second kappa shape index (κ2) is 26.9. The van der Waals surface area contributed by atoms with Crippen LogP contribution in [0.3, 0.4) is 0 Å². The van der Waals surface area contributed by atoms with Gasteiger partial charge in [-0.1, -0.05) is 104 Å². The van der Waals surface area contributed by atoms with Crippen LogP contribution in [-0.4, -0.2) is 51.2 Å². The molecule has 0 aliphatic heterocycles. The van der Waals surface area contributed by atoms with Crippen molar-refractivity contribution in [2.75, 3.05) is 0 Å². The summed E-state index contributed by atoms with van der Waals surface area (Å²) in [5, 5.41) is 29.2. The van der Waals surface area contributed by atoms with Crippen LogP contribution in [0.2, 0.25) is 0 Å². The summed E-state index contributed by atoms with van der Waals surface area (Å²) < 4.78 is 11.3. The molecule has 0 amide bonds. The Bertz CT molecular complexity index is 680. The molecule has 8 heteroatoms. The lowest BCUT2D eigenvalue weighted by Gasteiger charge is -2.35. The molecule has 0 aromatic rings. The van der Waals surface area contributed by atoms with Crippen molar-refractivity contribution >= 4 is 17.9 Å². The fourth-order valence-electron chi connectivity index (χ4n) is 5.43. The van der Waals surface area contributed by atoms with Crippen LogP contribution in [0.15, 0.2) is 0 Å². The second-order valence-corrected chi connectivity index (χ2v) is 12.0. The van der Waals surface area contributed by atoms with Gasteiger partial charge in [0.1, 0.15) is 6.10 Å². The minimum absolute atomic E-state index is 0.0391. The van der Waals surface area contributed by atoms with Gasteiger partial charge in [-0.05, 0) is 57.8 Å². The van der Waals surface area contributed by atoms with Crippen LogP contribution in [-0.2, 0) is 23.9 Å². The van der Waals surface area contributed by atoms with Crippen molar-refractivity contribution in [1.29, 1.82) is 0 Å². The van der Waals surface area contributed by atoms with E-state index in [0.29, 0.717) is 32.1 Å². The molecule has 8 nitrogen and oxygen atoms in total. The average Bonchev–Trinajstić information content (AvgIpc) is 2.96. The summed E-state index contributed by atoms with van der Waals surface area (Å²) in [6, 6.07) is 0. The van der Waals surface area contributed by atoms with E-state index >= 15 is 0 Å². The molecule has 2 unspecified atom stereocenters. The molecule has 0 spiro atoms. The number of carbonyl (C=O) groups is 3. The number of esters is 2. The number of carboxylic acid groups (broad SMARTS) is 1. The van der Waals surface area contributed by atoms with Gasteiger partial charge in [-0.25, -0.2) is 0 Å². The number of aliphatic carboxylic acids is 1. The summed E-state index contributed by atoms with van der Waals surface area (Å²) in [5.74, 6) is -1.31. The highest BCUT2D eigenvalue weighted by Crippen LogP contribution is 2.31. The van der Waals surface area contributed by atoms with Crippen LogP contribution >= 0.6 is 0 Å². The third-order valence-electron chi connectivity index (χ3n) is 8.16. The van der Waals surface area contributed by atoms with E-state index in [0.717, 1.165) is 83.5 Å². The highest BCUT2D eigenvalue weighted by atomic mass is 16.6. The van der Waals surface area contributed by atoms with E-state index in [2.05, 4.69) is 6.92 Å². The zero-order valence-electron chi connectivity index (χ0n) is 27.2. The average molecular weight is 601 g/mol. The second-order valence-electron chi connectivity index (χ2n) is 12.0. The Kier molecular flexibility index (Phi) is 25.8. The Morgan fingerprint density at radius 3 is 1.45 bits per heavy atom. The minimum atomic E-state index is -1.73. The molecule has 0 fully saturated rings. The highest BCUT2D eigenvalue weighted by molar-refractivity contribution is 5.69. The maximum absolute atomic E-state index is 12.1. The lowest BCUT2D eigenvalue weighted by Crippen LogP contribution is -2.46. The van der Waals surface area contributed by atoms with E-state index in [1.807, 2.05) is 6.92 Å². The smallest absolute Gasteiger partial charge is 0.306 e. The summed E-state index contributed by atoms with van der Waals surface area (Å²) >= 11 is 0. The quantitative estimate of drug-likeness (QED) is 0.0426. The van der Waals surface area contributed by atoms with Crippen molar-refractivity contribution in [3.63, 3.8) is 0 Å². The number of hydrogen-bond acceptors (Lipinski definition) is 7. The van der Waals surface area contributed by atoms with Crippen molar-refractivity contribution in [3.8, 4) is 0 Å². The summed E-state index contributed by atoms with van der Waals surface area (Å²) in [6.07, 6.45) is 20.1. The summed E-state index contributed by atoms with van der Waals surface area (Å²) in [5.41, 5.74) is -1.28. The molecule has 42 heavy (non-hydrogen) atoms. The fourth-order valence-corrected chi connectivity index (χ4v) is 5.43. The maximum atomic E-state index is 12.1. The first-order chi connectivity index (χ1) is 20.2. The lowest BCUT2D eigenvalue weighted by molar-refractivity contribution is -0.218. The number of aliphatic hydroxyl groups excluding tert-OH is 1. The van der Waals surface area contributed by atoms with Gasteiger partial charge >= 0.3 is 17.9 Å². The molecule has 0 aromatic carbocycles. The van der Waals surface area contributed by atoms with E-state index in [1.165, 1.54) is 32.1 Å². The van der Waals surface area contributed by atoms with Gasteiger partial charge in [0.15, 0.2) is 11.9 Å². The van der Waals surface area contributed by atoms with Crippen LogP contribution in [0.4, 0.5) is 0 Å². The number of rotatable bonds is 30. The van der Waals surface area contributed by atoms with Gasteiger partial charge in [0.25, 0.3) is 0 Å². The van der Waals surface area contributed by atoms with E-state index in [4.69, 9.17) is 14.6 Å².